The van der Waals surface area contributed by atoms with Crippen LogP contribution in [-0.4, -0.2) is 27.2 Å². The van der Waals surface area contributed by atoms with E-state index in [1.807, 2.05) is 62.6 Å². The summed E-state index contributed by atoms with van der Waals surface area (Å²) in [4.78, 5) is 17.6. The van der Waals surface area contributed by atoms with Crippen LogP contribution in [0.15, 0.2) is 79.3 Å². The molecule has 0 aliphatic carbocycles. The quantitative estimate of drug-likeness (QED) is 0.395. The number of pyridine rings is 1. The van der Waals surface area contributed by atoms with Crippen LogP contribution in [0.25, 0.3) is 11.1 Å². The lowest BCUT2D eigenvalue weighted by atomic mass is 9.98. The van der Waals surface area contributed by atoms with Crippen LogP contribution in [0.1, 0.15) is 35.6 Å². The summed E-state index contributed by atoms with van der Waals surface area (Å²) in [5, 5.41) is 19.3. The first-order chi connectivity index (χ1) is 16.9. The fourth-order valence-corrected chi connectivity index (χ4v) is 3.82. The van der Waals surface area contributed by atoms with E-state index < -0.39 is 11.9 Å². The van der Waals surface area contributed by atoms with Crippen molar-refractivity contribution in [2.45, 2.75) is 18.9 Å². The van der Waals surface area contributed by atoms with E-state index in [1.165, 1.54) is 6.07 Å². The number of halogens is 1. The second-order valence-electron chi connectivity index (χ2n) is 8.33. The highest BCUT2D eigenvalue weighted by Gasteiger charge is 2.22. The number of nitriles is 1. The van der Waals surface area contributed by atoms with E-state index in [2.05, 4.69) is 20.7 Å². The zero-order chi connectivity index (χ0) is 24.8. The minimum atomic E-state index is -0.667. The number of aromatic nitrogens is 3. The van der Waals surface area contributed by atoms with Crippen LogP contribution in [0.2, 0.25) is 0 Å². The molecule has 8 heteroatoms. The van der Waals surface area contributed by atoms with Crippen LogP contribution < -0.4 is 10.6 Å². The highest BCUT2D eigenvalue weighted by Crippen LogP contribution is 2.23. The maximum atomic E-state index is 14.5. The first kappa shape index (κ1) is 23.8. The van der Waals surface area contributed by atoms with Crippen LogP contribution in [0.4, 0.5) is 10.2 Å². The zero-order valence-electron chi connectivity index (χ0n) is 19.4. The normalized spacial score (nSPS) is 12.5. The molecule has 0 radical (unpaired) electrons. The van der Waals surface area contributed by atoms with Gasteiger partial charge in [-0.2, -0.15) is 10.4 Å². The van der Waals surface area contributed by atoms with Crippen molar-refractivity contribution >= 4 is 11.7 Å². The van der Waals surface area contributed by atoms with Gasteiger partial charge < -0.3 is 10.6 Å². The maximum Gasteiger partial charge on any atom is 0.247 e. The molecule has 4 rings (SSSR count). The molecule has 0 aliphatic rings. The van der Waals surface area contributed by atoms with Crippen molar-refractivity contribution in [2.75, 3.05) is 11.9 Å². The summed E-state index contributed by atoms with van der Waals surface area (Å²) >= 11 is 0. The molecule has 0 fully saturated rings. The van der Waals surface area contributed by atoms with E-state index in [0.717, 1.165) is 16.7 Å². The molecule has 7 nitrogen and oxygen atoms in total. The first-order valence-electron chi connectivity index (χ1n) is 11.2. The van der Waals surface area contributed by atoms with E-state index >= 15 is 0 Å². The Morgan fingerprint density at radius 2 is 1.91 bits per heavy atom. The van der Waals surface area contributed by atoms with Gasteiger partial charge in [0, 0.05) is 37.1 Å². The van der Waals surface area contributed by atoms with E-state index in [-0.39, 0.29) is 17.4 Å². The smallest absolute Gasteiger partial charge is 0.247 e. The van der Waals surface area contributed by atoms with Gasteiger partial charge in [-0.05, 0) is 41.3 Å². The second kappa shape index (κ2) is 10.7. The molecule has 2 aromatic heterocycles. The number of hydrogen-bond donors (Lipinski definition) is 2. The van der Waals surface area contributed by atoms with Crippen molar-refractivity contribution in [3.63, 3.8) is 0 Å². The third-order valence-corrected chi connectivity index (χ3v) is 5.74. The summed E-state index contributed by atoms with van der Waals surface area (Å²) in [6, 6.07) is 18.7. The fourth-order valence-electron chi connectivity index (χ4n) is 3.82. The Morgan fingerprint density at radius 1 is 1.11 bits per heavy atom. The molecule has 176 valence electrons. The third-order valence-electron chi connectivity index (χ3n) is 5.74. The number of carbonyl (C=O) groups is 1. The van der Waals surface area contributed by atoms with Crippen molar-refractivity contribution < 1.29 is 9.18 Å². The molecule has 1 unspecified atom stereocenters. The van der Waals surface area contributed by atoms with Crippen LogP contribution in [0, 0.1) is 17.1 Å². The highest BCUT2D eigenvalue weighted by atomic mass is 19.1. The molecule has 35 heavy (non-hydrogen) atoms. The number of amides is 1. The average molecular weight is 469 g/mol. The Labute approximate surface area is 203 Å². The lowest BCUT2D eigenvalue weighted by Gasteiger charge is -2.21. The van der Waals surface area contributed by atoms with Gasteiger partial charge in [0.1, 0.15) is 17.7 Å². The van der Waals surface area contributed by atoms with Gasteiger partial charge in [0.25, 0.3) is 0 Å². The predicted molar refractivity (Wildman–Crippen MR) is 132 cm³/mol. The van der Waals surface area contributed by atoms with Gasteiger partial charge in [-0.15, -0.1) is 0 Å². The Morgan fingerprint density at radius 3 is 2.54 bits per heavy atom. The molecular formula is C27H25FN6O. The Balaban J connectivity index is 1.48. The van der Waals surface area contributed by atoms with Crippen LogP contribution in [-0.2, 0) is 11.8 Å². The molecule has 2 N–H and O–H groups in total. The van der Waals surface area contributed by atoms with Gasteiger partial charge in [-0.3, -0.25) is 9.48 Å². The minimum Gasteiger partial charge on any atom is -0.309 e. The summed E-state index contributed by atoms with van der Waals surface area (Å²) in [5.74, 6) is -0.502. The first-order valence-corrected chi connectivity index (χ1v) is 11.2. The number of benzene rings is 2. The molecule has 1 amide bonds. The van der Waals surface area contributed by atoms with Gasteiger partial charge in [0.05, 0.1) is 17.8 Å². The lowest BCUT2D eigenvalue weighted by Crippen LogP contribution is -2.35. The monoisotopic (exact) mass is 468 g/mol. The SMILES string of the molecule is CC(CN[C@H](C(=O)Nc1ccc(-c2cnn(C)c2)cn1)c1ccccc1)c1ccc(C#N)cc1F. The topological polar surface area (TPSA) is 95.6 Å². The fraction of sp³-hybridized carbons (Fsp3) is 0.185. The Kier molecular flexibility index (Phi) is 7.29. The lowest BCUT2D eigenvalue weighted by molar-refractivity contribution is -0.118. The molecule has 2 heterocycles. The van der Waals surface area contributed by atoms with E-state index in [9.17, 15) is 9.18 Å². The third kappa shape index (κ3) is 5.78. The molecule has 2 aromatic carbocycles. The molecule has 0 aliphatic heterocycles. The Hall–Kier alpha value is -4.35. The number of aryl methyl sites for hydroxylation is 1. The Bertz CT molecular complexity index is 1340. The van der Waals surface area contributed by atoms with Gasteiger partial charge in [-0.1, -0.05) is 43.3 Å². The molecular weight excluding hydrogens is 443 g/mol. The maximum absolute atomic E-state index is 14.5. The van der Waals surface area contributed by atoms with E-state index in [1.54, 1.807) is 35.3 Å². The van der Waals surface area contributed by atoms with Gasteiger partial charge in [-0.25, -0.2) is 9.37 Å². The van der Waals surface area contributed by atoms with Crippen molar-refractivity contribution in [3.05, 3.63) is 102 Å². The van der Waals surface area contributed by atoms with Crippen molar-refractivity contribution in [1.82, 2.24) is 20.1 Å². The van der Waals surface area contributed by atoms with E-state index in [4.69, 9.17) is 5.26 Å². The largest absolute Gasteiger partial charge is 0.309 e. The van der Waals surface area contributed by atoms with Crippen LogP contribution >= 0.6 is 0 Å². The number of carbonyl (C=O) groups excluding carboxylic acids is 1. The highest BCUT2D eigenvalue weighted by molar-refractivity contribution is 5.95. The average Bonchev–Trinajstić information content (AvgIpc) is 3.31. The predicted octanol–water partition coefficient (Wildman–Crippen LogP) is 4.57. The number of nitrogens with one attached hydrogen (secondary N) is 2. The molecule has 0 bridgehead atoms. The zero-order valence-corrected chi connectivity index (χ0v) is 19.4. The molecule has 0 saturated heterocycles. The minimum absolute atomic E-state index is 0.223. The van der Waals surface area contributed by atoms with Crippen molar-refractivity contribution in [2.24, 2.45) is 7.05 Å². The van der Waals surface area contributed by atoms with Gasteiger partial charge >= 0.3 is 0 Å². The summed E-state index contributed by atoms with van der Waals surface area (Å²) in [6.45, 7) is 2.22. The number of rotatable bonds is 8. The summed E-state index contributed by atoms with van der Waals surface area (Å²) in [7, 11) is 1.85. The van der Waals surface area contributed by atoms with Crippen LogP contribution in [0.5, 0.6) is 0 Å². The van der Waals surface area contributed by atoms with Crippen molar-refractivity contribution in [3.8, 4) is 17.2 Å². The van der Waals surface area contributed by atoms with Gasteiger partial charge in [0.15, 0.2) is 0 Å². The summed E-state index contributed by atoms with van der Waals surface area (Å²) < 4.78 is 16.2. The van der Waals surface area contributed by atoms with Crippen molar-refractivity contribution in [1.29, 1.82) is 5.26 Å². The number of nitrogens with zero attached hydrogens (tertiary/aromatic N) is 4. The molecule has 0 saturated carbocycles. The molecule has 0 spiro atoms. The standard InChI is InChI=1S/C27H25FN6O/c1-18(23-10-8-19(13-29)12-24(23)28)14-31-26(20-6-4-3-5-7-20)27(35)33-25-11-9-21(15-30-25)22-16-32-34(2)17-22/h3-12,15-18,26,31H,14H2,1-2H3,(H,30,33,35)/t18?,26-/m0/s1. The number of anilines is 1. The van der Waals surface area contributed by atoms with Gasteiger partial charge in [0.2, 0.25) is 5.91 Å². The van der Waals surface area contributed by atoms with Crippen LogP contribution in [0.3, 0.4) is 0 Å². The summed E-state index contributed by atoms with van der Waals surface area (Å²) in [6.07, 6.45) is 5.33. The second-order valence-corrected chi connectivity index (χ2v) is 8.33. The summed E-state index contributed by atoms with van der Waals surface area (Å²) in [5.41, 5.74) is 3.37. The molecule has 2 atom stereocenters. The number of hydrogen-bond acceptors (Lipinski definition) is 5. The molecule has 4 aromatic rings. The van der Waals surface area contributed by atoms with E-state index in [0.29, 0.717) is 17.9 Å².